The molecular formula is C14H19ClN2O. The van der Waals surface area contributed by atoms with Gasteiger partial charge in [0.2, 0.25) is 5.91 Å². The predicted molar refractivity (Wildman–Crippen MR) is 73.5 cm³/mol. The van der Waals surface area contributed by atoms with Crippen molar-refractivity contribution in [1.82, 2.24) is 5.32 Å². The molecule has 0 spiro atoms. The van der Waals surface area contributed by atoms with E-state index in [9.17, 15) is 4.79 Å². The molecule has 1 amide bonds. The number of hydrogen-bond donors (Lipinski definition) is 2. The normalized spacial score (nSPS) is 18.2. The number of nitrogens with one attached hydrogen (secondary N) is 1. The summed E-state index contributed by atoms with van der Waals surface area (Å²) in [4.78, 5) is 12.0. The molecule has 0 radical (unpaired) electrons. The van der Waals surface area contributed by atoms with Crippen molar-refractivity contribution in [2.45, 2.75) is 32.2 Å². The second kappa shape index (κ2) is 5.29. The molecule has 2 rings (SSSR count). The molecule has 3 N–H and O–H groups in total. The van der Waals surface area contributed by atoms with Crippen LogP contribution in [0.2, 0.25) is 5.02 Å². The molecule has 98 valence electrons. The highest BCUT2D eigenvalue weighted by molar-refractivity contribution is 6.31. The Morgan fingerprint density at radius 3 is 2.72 bits per heavy atom. The number of halogens is 1. The third kappa shape index (κ3) is 2.85. The van der Waals surface area contributed by atoms with Crippen LogP contribution in [0, 0.1) is 5.41 Å². The van der Waals surface area contributed by atoms with Gasteiger partial charge in [-0.15, -0.1) is 0 Å². The molecule has 1 fully saturated rings. The molecule has 1 unspecified atom stereocenters. The molecule has 1 aromatic rings. The van der Waals surface area contributed by atoms with Crippen LogP contribution in [0.5, 0.6) is 0 Å². The van der Waals surface area contributed by atoms with Gasteiger partial charge in [0.15, 0.2) is 0 Å². The van der Waals surface area contributed by atoms with Crippen molar-refractivity contribution < 1.29 is 4.79 Å². The van der Waals surface area contributed by atoms with Crippen LogP contribution >= 0.6 is 11.6 Å². The molecule has 0 aliphatic heterocycles. The molecule has 1 atom stereocenters. The van der Waals surface area contributed by atoms with Crippen LogP contribution in [-0.2, 0) is 11.2 Å². The maximum absolute atomic E-state index is 12.0. The molecular weight excluding hydrogens is 248 g/mol. The molecule has 4 heteroatoms. The average Bonchev–Trinajstić information content (AvgIpc) is 3.13. The summed E-state index contributed by atoms with van der Waals surface area (Å²) in [6, 6.07) is 7.79. The molecule has 1 aliphatic carbocycles. The third-order valence-electron chi connectivity index (χ3n) is 3.59. The zero-order valence-corrected chi connectivity index (χ0v) is 11.3. The van der Waals surface area contributed by atoms with Gasteiger partial charge in [-0.05, 0) is 37.8 Å². The second-order valence-corrected chi connectivity index (χ2v) is 5.56. The summed E-state index contributed by atoms with van der Waals surface area (Å²) in [5, 5.41) is 3.78. The van der Waals surface area contributed by atoms with E-state index < -0.39 is 0 Å². The lowest BCUT2D eigenvalue weighted by molar-refractivity contribution is -0.126. The third-order valence-corrected chi connectivity index (χ3v) is 3.96. The maximum atomic E-state index is 12.0. The first-order valence-corrected chi connectivity index (χ1v) is 6.70. The lowest BCUT2D eigenvalue weighted by Crippen LogP contribution is -2.42. The summed E-state index contributed by atoms with van der Waals surface area (Å²) >= 11 is 6.10. The molecule has 3 nitrogen and oxygen atoms in total. The lowest BCUT2D eigenvalue weighted by Gasteiger charge is -2.19. The van der Waals surface area contributed by atoms with E-state index in [0.29, 0.717) is 6.54 Å². The van der Waals surface area contributed by atoms with E-state index in [1.807, 2.05) is 31.2 Å². The van der Waals surface area contributed by atoms with Crippen molar-refractivity contribution in [1.29, 1.82) is 0 Å². The number of carbonyl (C=O) groups excluding carboxylic acids is 1. The topological polar surface area (TPSA) is 55.1 Å². The van der Waals surface area contributed by atoms with Crippen molar-refractivity contribution in [3.63, 3.8) is 0 Å². The number of nitrogens with two attached hydrogens (primary N) is 1. The predicted octanol–water partition coefficient (Wildman–Crippen LogP) is 2.13. The number of hydrogen-bond acceptors (Lipinski definition) is 2. The molecule has 0 saturated heterocycles. The quantitative estimate of drug-likeness (QED) is 0.858. The summed E-state index contributed by atoms with van der Waals surface area (Å²) in [7, 11) is 0. The fraction of sp³-hybridized carbons (Fsp3) is 0.500. The van der Waals surface area contributed by atoms with Crippen LogP contribution < -0.4 is 11.1 Å². The Morgan fingerprint density at radius 1 is 1.50 bits per heavy atom. The Balaban J connectivity index is 1.91. The van der Waals surface area contributed by atoms with Gasteiger partial charge in [-0.1, -0.05) is 29.8 Å². The van der Waals surface area contributed by atoms with E-state index in [1.165, 1.54) is 0 Å². The van der Waals surface area contributed by atoms with Crippen molar-refractivity contribution in [2.75, 3.05) is 6.54 Å². The van der Waals surface area contributed by atoms with Crippen molar-refractivity contribution in [3.05, 3.63) is 34.9 Å². The maximum Gasteiger partial charge on any atom is 0.227 e. The Hall–Kier alpha value is -1.06. The smallest absolute Gasteiger partial charge is 0.227 e. The molecule has 18 heavy (non-hydrogen) atoms. The highest BCUT2D eigenvalue weighted by atomic mass is 35.5. The van der Waals surface area contributed by atoms with Gasteiger partial charge in [-0.2, -0.15) is 0 Å². The monoisotopic (exact) mass is 266 g/mol. The fourth-order valence-corrected chi connectivity index (χ4v) is 2.31. The van der Waals surface area contributed by atoms with Gasteiger partial charge in [-0.3, -0.25) is 4.79 Å². The van der Waals surface area contributed by atoms with E-state index in [0.717, 1.165) is 29.8 Å². The number of rotatable bonds is 5. The van der Waals surface area contributed by atoms with Crippen LogP contribution in [0.15, 0.2) is 24.3 Å². The minimum atomic E-state index is -0.283. The highest BCUT2D eigenvalue weighted by Gasteiger charge is 2.48. The van der Waals surface area contributed by atoms with Crippen LogP contribution in [0.1, 0.15) is 25.3 Å². The summed E-state index contributed by atoms with van der Waals surface area (Å²) in [6.45, 7) is 2.44. The Morgan fingerprint density at radius 2 is 2.17 bits per heavy atom. The Bertz CT molecular complexity index is 443. The molecule has 0 aromatic heterocycles. The minimum absolute atomic E-state index is 0.0708. The molecule has 1 aliphatic rings. The second-order valence-electron chi connectivity index (χ2n) is 5.15. The first-order chi connectivity index (χ1) is 8.57. The zero-order chi connectivity index (χ0) is 13.2. The molecule has 0 heterocycles. The van der Waals surface area contributed by atoms with Gasteiger partial charge in [0.05, 0.1) is 5.41 Å². The fourth-order valence-electron chi connectivity index (χ4n) is 2.10. The van der Waals surface area contributed by atoms with Gasteiger partial charge in [0.1, 0.15) is 0 Å². The first-order valence-electron chi connectivity index (χ1n) is 6.32. The van der Waals surface area contributed by atoms with Crippen LogP contribution in [-0.4, -0.2) is 18.5 Å². The van der Waals surface area contributed by atoms with E-state index in [1.54, 1.807) is 0 Å². The molecule has 1 saturated carbocycles. The van der Waals surface area contributed by atoms with Crippen molar-refractivity contribution in [3.8, 4) is 0 Å². The summed E-state index contributed by atoms with van der Waals surface area (Å²) in [5.74, 6) is 0.0875. The zero-order valence-electron chi connectivity index (χ0n) is 10.6. The van der Waals surface area contributed by atoms with Gasteiger partial charge in [0, 0.05) is 17.6 Å². The largest absolute Gasteiger partial charge is 0.353 e. The van der Waals surface area contributed by atoms with E-state index >= 15 is 0 Å². The van der Waals surface area contributed by atoms with Gasteiger partial charge >= 0.3 is 0 Å². The Labute approximate surface area is 113 Å². The molecule has 0 bridgehead atoms. The van der Waals surface area contributed by atoms with Gasteiger partial charge in [-0.25, -0.2) is 0 Å². The number of carbonyl (C=O) groups is 1. The van der Waals surface area contributed by atoms with E-state index in [-0.39, 0.29) is 17.4 Å². The van der Waals surface area contributed by atoms with Gasteiger partial charge in [0.25, 0.3) is 0 Å². The standard InChI is InChI=1S/C14H19ClN2O/c1-10(8-11-4-2-3-5-12(11)15)17-13(18)14(9-16)6-7-14/h2-5,10H,6-9,16H2,1H3,(H,17,18). The number of benzene rings is 1. The lowest BCUT2D eigenvalue weighted by atomic mass is 10.0. The highest BCUT2D eigenvalue weighted by Crippen LogP contribution is 2.44. The molecule has 1 aromatic carbocycles. The first kappa shape index (κ1) is 13.4. The summed E-state index contributed by atoms with van der Waals surface area (Å²) < 4.78 is 0. The van der Waals surface area contributed by atoms with Crippen LogP contribution in [0.4, 0.5) is 0 Å². The summed E-state index contributed by atoms with van der Waals surface area (Å²) in [6.07, 6.45) is 2.56. The van der Waals surface area contributed by atoms with Crippen LogP contribution in [0.3, 0.4) is 0 Å². The van der Waals surface area contributed by atoms with Crippen molar-refractivity contribution >= 4 is 17.5 Å². The summed E-state index contributed by atoms with van der Waals surface area (Å²) in [5.41, 5.74) is 6.42. The minimum Gasteiger partial charge on any atom is -0.353 e. The SMILES string of the molecule is CC(Cc1ccccc1Cl)NC(=O)C1(CN)CC1. The van der Waals surface area contributed by atoms with Gasteiger partial charge < -0.3 is 11.1 Å². The van der Waals surface area contributed by atoms with E-state index in [2.05, 4.69) is 5.32 Å². The van der Waals surface area contributed by atoms with E-state index in [4.69, 9.17) is 17.3 Å². The Kier molecular flexibility index (Phi) is 3.93. The van der Waals surface area contributed by atoms with Crippen molar-refractivity contribution in [2.24, 2.45) is 11.1 Å². The average molecular weight is 267 g/mol. The number of amides is 1. The van der Waals surface area contributed by atoms with Crippen LogP contribution in [0.25, 0.3) is 0 Å².